The molecule has 4 rings (SSSR count). The second-order valence-corrected chi connectivity index (χ2v) is 7.57. The van der Waals surface area contributed by atoms with Crippen molar-refractivity contribution < 1.29 is 31.1 Å². The zero-order chi connectivity index (χ0) is 21.8. The van der Waals surface area contributed by atoms with Crippen LogP contribution in [0.15, 0.2) is 24.3 Å². The molecule has 1 aromatic heterocycles. The first-order chi connectivity index (χ1) is 13.9. The monoisotopic (exact) mass is 433 g/mol. The van der Waals surface area contributed by atoms with Crippen LogP contribution in [0.25, 0.3) is 0 Å². The lowest BCUT2D eigenvalue weighted by atomic mass is 10.0. The number of alkyl halides is 6. The molecule has 3 unspecified atom stereocenters. The minimum Gasteiger partial charge on any atom is -0.330 e. The Kier molecular flexibility index (Phi) is 4.79. The van der Waals surface area contributed by atoms with Crippen LogP contribution in [0.3, 0.4) is 0 Å². The van der Waals surface area contributed by atoms with E-state index >= 15 is 0 Å². The van der Waals surface area contributed by atoms with Gasteiger partial charge in [-0.15, -0.1) is 10.2 Å². The summed E-state index contributed by atoms with van der Waals surface area (Å²) >= 11 is 0. The van der Waals surface area contributed by atoms with Crippen LogP contribution in [-0.2, 0) is 23.6 Å². The fraction of sp³-hybridized carbons (Fsp3) is 0.500. The quantitative estimate of drug-likeness (QED) is 0.752. The van der Waals surface area contributed by atoms with E-state index in [1.165, 1.54) is 17.0 Å². The van der Waals surface area contributed by atoms with Gasteiger partial charge in [-0.1, -0.05) is 18.2 Å². The Morgan fingerprint density at radius 2 is 1.90 bits per heavy atom. The molecule has 2 N–H and O–H groups in total. The van der Waals surface area contributed by atoms with Gasteiger partial charge in [-0.2, -0.15) is 26.3 Å². The van der Waals surface area contributed by atoms with Gasteiger partial charge in [0.2, 0.25) is 11.7 Å². The van der Waals surface area contributed by atoms with Gasteiger partial charge in [0.15, 0.2) is 5.82 Å². The highest BCUT2D eigenvalue weighted by Crippen LogP contribution is 2.47. The summed E-state index contributed by atoms with van der Waals surface area (Å²) in [5.74, 6) is -1.35. The first-order valence-electron chi connectivity index (χ1n) is 9.18. The van der Waals surface area contributed by atoms with Crippen LogP contribution in [-0.4, -0.2) is 38.2 Å². The number of fused-ring (bicyclic) bond motifs is 5. The standard InChI is InChI=1S/C18H17F6N5O/c19-17(20,21)10-3-1-2-9(4-10)5-11(25)6-14(30)28-8-12-7-13(28)15-26-27-16(29(12)15)18(22,23)24/h1-4,11-13H,5-8,25H2. The molecule has 1 amide bonds. The van der Waals surface area contributed by atoms with E-state index in [4.69, 9.17) is 5.73 Å². The molecule has 30 heavy (non-hydrogen) atoms. The van der Waals surface area contributed by atoms with Crippen molar-refractivity contribution in [2.24, 2.45) is 5.73 Å². The number of amides is 1. The molecule has 0 saturated carbocycles. The lowest BCUT2D eigenvalue weighted by Crippen LogP contribution is -2.39. The molecule has 6 nitrogen and oxygen atoms in total. The van der Waals surface area contributed by atoms with Crippen molar-refractivity contribution >= 4 is 5.91 Å². The predicted molar refractivity (Wildman–Crippen MR) is 90.9 cm³/mol. The van der Waals surface area contributed by atoms with Crippen molar-refractivity contribution in [2.75, 3.05) is 6.54 Å². The van der Waals surface area contributed by atoms with Crippen molar-refractivity contribution in [3.05, 3.63) is 47.0 Å². The molecule has 12 heteroatoms. The normalized spacial score (nSPS) is 21.8. The van der Waals surface area contributed by atoms with Crippen LogP contribution in [0.2, 0.25) is 0 Å². The number of aromatic nitrogens is 3. The van der Waals surface area contributed by atoms with Crippen LogP contribution >= 0.6 is 0 Å². The SMILES string of the molecule is NC(CC(=O)N1CC2CC1c1nnc(C(F)(F)F)n12)Cc1cccc(C(F)(F)F)c1. The molecule has 2 aliphatic rings. The average molecular weight is 433 g/mol. The smallest absolute Gasteiger partial charge is 0.330 e. The van der Waals surface area contributed by atoms with Gasteiger partial charge in [-0.3, -0.25) is 4.79 Å². The van der Waals surface area contributed by atoms with E-state index in [1.54, 1.807) is 0 Å². The summed E-state index contributed by atoms with van der Waals surface area (Å²) in [6, 6.07) is 2.82. The number of carbonyl (C=O) groups excluding carboxylic acids is 1. The highest BCUT2D eigenvalue weighted by molar-refractivity contribution is 5.78. The number of nitrogens with two attached hydrogens (primary N) is 1. The van der Waals surface area contributed by atoms with Crippen LogP contribution in [0.1, 0.15) is 47.7 Å². The van der Waals surface area contributed by atoms with Crippen LogP contribution in [0, 0.1) is 0 Å². The number of likely N-dealkylation sites (tertiary alicyclic amines) is 1. The second kappa shape index (κ2) is 6.96. The largest absolute Gasteiger partial charge is 0.451 e. The molecule has 3 heterocycles. The van der Waals surface area contributed by atoms with E-state index < -0.39 is 41.9 Å². The molecule has 2 aromatic rings. The number of hydrogen-bond donors (Lipinski definition) is 1. The molecule has 0 radical (unpaired) electrons. The predicted octanol–water partition coefficient (Wildman–Crippen LogP) is 3.10. The Labute approximate surface area is 166 Å². The Balaban J connectivity index is 1.42. The molecule has 2 bridgehead atoms. The first-order valence-corrected chi connectivity index (χ1v) is 9.18. The maximum atomic E-state index is 13.0. The van der Waals surface area contributed by atoms with Gasteiger partial charge in [0.1, 0.15) is 0 Å². The van der Waals surface area contributed by atoms with Crippen molar-refractivity contribution in [3.8, 4) is 0 Å². The minimum atomic E-state index is -4.63. The molecule has 1 aromatic carbocycles. The van der Waals surface area contributed by atoms with Gasteiger partial charge < -0.3 is 15.2 Å². The minimum absolute atomic E-state index is 0.0615. The molecule has 0 spiro atoms. The Hall–Kier alpha value is -2.63. The molecule has 162 valence electrons. The molecule has 1 saturated heterocycles. The second-order valence-electron chi connectivity index (χ2n) is 7.57. The van der Waals surface area contributed by atoms with E-state index in [9.17, 15) is 31.1 Å². The van der Waals surface area contributed by atoms with Crippen LogP contribution in [0.4, 0.5) is 26.3 Å². The first kappa shape index (κ1) is 20.6. The molecule has 0 aliphatic carbocycles. The molecular weight excluding hydrogens is 416 g/mol. The summed E-state index contributed by atoms with van der Waals surface area (Å²) in [5.41, 5.74) is 5.53. The number of nitrogens with zero attached hydrogens (tertiary/aromatic N) is 4. The molecule has 1 fully saturated rings. The Morgan fingerprint density at radius 1 is 1.17 bits per heavy atom. The van der Waals surface area contributed by atoms with Crippen molar-refractivity contribution in [1.82, 2.24) is 19.7 Å². The molecule has 3 atom stereocenters. The molecular formula is C18H17F6N5O. The highest BCUT2D eigenvalue weighted by Gasteiger charge is 2.51. The van der Waals surface area contributed by atoms with Crippen molar-refractivity contribution in [2.45, 2.75) is 49.7 Å². The Bertz CT molecular complexity index is 969. The van der Waals surface area contributed by atoms with E-state index in [0.717, 1.165) is 16.7 Å². The summed E-state index contributed by atoms with van der Waals surface area (Å²) in [7, 11) is 0. The van der Waals surface area contributed by atoms with E-state index in [-0.39, 0.29) is 31.1 Å². The fourth-order valence-corrected chi connectivity index (χ4v) is 4.20. The zero-order valence-electron chi connectivity index (χ0n) is 15.4. The number of halogens is 6. The number of benzene rings is 1. The van der Waals surface area contributed by atoms with Gasteiger partial charge in [0, 0.05) is 19.0 Å². The third-order valence-electron chi connectivity index (χ3n) is 5.43. The average Bonchev–Trinajstić information content (AvgIpc) is 3.32. The van der Waals surface area contributed by atoms with E-state index in [1.807, 2.05) is 0 Å². The fourth-order valence-electron chi connectivity index (χ4n) is 4.20. The summed E-state index contributed by atoms with van der Waals surface area (Å²) in [5, 5.41) is 6.84. The summed E-state index contributed by atoms with van der Waals surface area (Å²) in [6.45, 7) is 0.0912. The van der Waals surface area contributed by atoms with Crippen molar-refractivity contribution in [1.29, 1.82) is 0 Å². The van der Waals surface area contributed by atoms with Crippen LogP contribution in [0.5, 0.6) is 0 Å². The zero-order valence-corrected chi connectivity index (χ0v) is 15.4. The summed E-state index contributed by atoms with van der Waals surface area (Å²) in [4.78, 5) is 14.1. The lowest BCUT2D eigenvalue weighted by molar-refractivity contribution is -0.148. The summed E-state index contributed by atoms with van der Waals surface area (Å²) in [6.07, 6.45) is -8.86. The highest BCUT2D eigenvalue weighted by atomic mass is 19.4. The lowest BCUT2D eigenvalue weighted by Gasteiger charge is -2.28. The number of rotatable bonds is 4. The number of carbonyl (C=O) groups is 1. The third kappa shape index (κ3) is 3.64. The Morgan fingerprint density at radius 3 is 2.57 bits per heavy atom. The number of hydrogen-bond acceptors (Lipinski definition) is 4. The van der Waals surface area contributed by atoms with Gasteiger partial charge in [-0.05, 0) is 24.5 Å². The maximum Gasteiger partial charge on any atom is 0.451 e. The van der Waals surface area contributed by atoms with Crippen LogP contribution < -0.4 is 5.73 Å². The summed E-state index contributed by atoms with van der Waals surface area (Å²) < 4.78 is 78.7. The maximum absolute atomic E-state index is 13.0. The van der Waals surface area contributed by atoms with E-state index in [0.29, 0.717) is 12.0 Å². The van der Waals surface area contributed by atoms with Gasteiger partial charge in [0.25, 0.3) is 0 Å². The van der Waals surface area contributed by atoms with E-state index in [2.05, 4.69) is 10.2 Å². The van der Waals surface area contributed by atoms with Gasteiger partial charge >= 0.3 is 12.4 Å². The van der Waals surface area contributed by atoms with Gasteiger partial charge in [0.05, 0.1) is 17.6 Å². The topological polar surface area (TPSA) is 77.0 Å². The third-order valence-corrected chi connectivity index (χ3v) is 5.43. The van der Waals surface area contributed by atoms with Gasteiger partial charge in [-0.25, -0.2) is 0 Å². The molecule has 2 aliphatic heterocycles. The van der Waals surface area contributed by atoms with Crippen molar-refractivity contribution in [3.63, 3.8) is 0 Å².